The van der Waals surface area contributed by atoms with Crippen LogP contribution >= 0.6 is 0 Å². The number of para-hydroxylation sites is 1. The Labute approximate surface area is 88.9 Å². The first-order valence-electron chi connectivity index (χ1n) is 5.17. The first kappa shape index (κ1) is 8.65. The van der Waals surface area contributed by atoms with E-state index in [1.165, 1.54) is 16.7 Å². The van der Waals surface area contributed by atoms with Crippen LogP contribution < -0.4 is 9.64 Å². The molecule has 0 radical (unpaired) electrons. The minimum absolute atomic E-state index is 0.130. The number of rotatable bonds is 0. The van der Waals surface area contributed by atoms with Gasteiger partial charge >= 0.3 is 0 Å². The molecule has 3 heteroatoms. The molecule has 0 saturated heterocycles. The molecule has 0 fully saturated rings. The van der Waals surface area contributed by atoms with E-state index in [0.717, 1.165) is 5.75 Å². The SMILES string of the molecule is CC1Oc2c(n(C)c3ccccc23)N1C. The molecule has 3 nitrogen and oxygen atoms in total. The predicted molar refractivity (Wildman–Crippen MR) is 61.4 cm³/mol. The van der Waals surface area contributed by atoms with Gasteiger partial charge in [0.05, 0.1) is 5.52 Å². The molecule has 0 amide bonds. The highest BCUT2D eigenvalue weighted by Crippen LogP contribution is 2.43. The molecule has 2 heterocycles. The topological polar surface area (TPSA) is 17.4 Å². The van der Waals surface area contributed by atoms with Crippen molar-refractivity contribution in [3.8, 4) is 5.75 Å². The van der Waals surface area contributed by atoms with Crippen molar-refractivity contribution in [2.45, 2.75) is 13.2 Å². The number of nitrogens with zero attached hydrogens (tertiary/aromatic N) is 2. The number of benzene rings is 1. The Kier molecular flexibility index (Phi) is 1.55. The smallest absolute Gasteiger partial charge is 0.172 e. The van der Waals surface area contributed by atoms with E-state index in [0.29, 0.717) is 0 Å². The van der Waals surface area contributed by atoms with E-state index in [-0.39, 0.29) is 6.23 Å². The van der Waals surface area contributed by atoms with Crippen molar-refractivity contribution in [3.05, 3.63) is 24.3 Å². The summed E-state index contributed by atoms with van der Waals surface area (Å²) in [4.78, 5) is 2.16. The molecule has 0 N–H and O–H groups in total. The third-order valence-electron chi connectivity index (χ3n) is 3.20. The third-order valence-corrected chi connectivity index (χ3v) is 3.20. The van der Waals surface area contributed by atoms with Gasteiger partial charge in [-0.2, -0.15) is 0 Å². The Hall–Kier alpha value is -1.64. The second-order valence-electron chi connectivity index (χ2n) is 4.06. The van der Waals surface area contributed by atoms with Crippen LogP contribution in [0.1, 0.15) is 6.92 Å². The molecule has 1 aliphatic heterocycles. The van der Waals surface area contributed by atoms with Gasteiger partial charge in [0, 0.05) is 19.5 Å². The zero-order valence-corrected chi connectivity index (χ0v) is 9.19. The van der Waals surface area contributed by atoms with Gasteiger partial charge in [0.2, 0.25) is 0 Å². The summed E-state index contributed by atoms with van der Waals surface area (Å²) in [6, 6.07) is 8.34. The maximum absolute atomic E-state index is 5.86. The second-order valence-corrected chi connectivity index (χ2v) is 4.06. The van der Waals surface area contributed by atoms with E-state index in [4.69, 9.17) is 4.74 Å². The lowest BCUT2D eigenvalue weighted by atomic mass is 10.2. The summed E-state index contributed by atoms with van der Waals surface area (Å²) in [6.45, 7) is 2.06. The summed E-state index contributed by atoms with van der Waals surface area (Å²) in [7, 11) is 4.15. The summed E-state index contributed by atoms with van der Waals surface area (Å²) in [5.74, 6) is 2.19. The van der Waals surface area contributed by atoms with Crippen molar-refractivity contribution < 1.29 is 4.74 Å². The van der Waals surface area contributed by atoms with E-state index >= 15 is 0 Å². The Morgan fingerprint density at radius 3 is 2.73 bits per heavy atom. The van der Waals surface area contributed by atoms with Gasteiger partial charge in [-0.15, -0.1) is 0 Å². The molecule has 78 valence electrons. The molecule has 0 bridgehead atoms. The van der Waals surface area contributed by atoms with Crippen molar-refractivity contribution in [3.63, 3.8) is 0 Å². The Balaban J connectivity index is 2.38. The van der Waals surface area contributed by atoms with Crippen LogP contribution in [-0.2, 0) is 7.05 Å². The highest BCUT2D eigenvalue weighted by atomic mass is 16.5. The van der Waals surface area contributed by atoms with Crippen LogP contribution in [0, 0.1) is 0 Å². The average molecular weight is 202 g/mol. The quantitative estimate of drug-likeness (QED) is 0.652. The lowest BCUT2D eigenvalue weighted by Crippen LogP contribution is -2.28. The summed E-state index contributed by atoms with van der Waals surface area (Å²) >= 11 is 0. The molecule has 1 aromatic heterocycles. The van der Waals surface area contributed by atoms with Crippen LogP contribution in [0.4, 0.5) is 5.82 Å². The van der Waals surface area contributed by atoms with Gasteiger partial charge in [0.15, 0.2) is 17.8 Å². The number of hydrogen-bond donors (Lipinski definition) is 0. The normalized spacial score (nSPS) is 19.4. The molecule has 1 aromatic carbocycles. The van der Waals surface area contributed by atoms with Gasteiger partial charge in [0.1, 0.15) is 0 Å². The van der Waals surface area contributed by atoms with E-state index in [1.807, 2.05) is 0 Å². The van der Waals surface area contributed by atoms with Crippen molar-refractivity contribution in [2.75, 3.05) is 11.9 Å². The number of anilines is 1. The van der Waals surface area contributed by atoms with Crippen LogP contribution in [-0.4, -0.2) is 17.8 Å². The standard InChI is InChI=1S/C12H14N2O/c1-8-13(2)12-11(15-8)9-6-4-5-7-10(9)14(12)3/h4-8H,1-3H3. The Morgan fingerprint density at radius 1 is 1.20 bits per heavy atom. The molecule has 0 saturated carbocycles. The lowest BCUT2D eigenvalue weighted by Gasteiger charge is -2.17. The minimum Gasteiger partial charge on any atom is -0.466 e. The van der Waals surface area contributed by atoms with Gasteiger partial charge in [-0.05, 0) is 19.1 Å². The molecule has 15 heavy (non-hydrogen) atoms. The van der Waals surface area contributed by atoms with Gasteiger partial charge in [-0.1, -0.05) is 12.1 Å². The van der Waals surface area contributed by atoms with Crippen molar-refractivity contribution in [1.82, 2.24) is 4.57 Å². The third kappa shape index (κ3) is 0.950. The van der Waals surface area contributed by atoms with Crippen molar-refractivity contribution >= 4 is 16.7 Å². The lowest BCUT2D eigenvalue weighted by molar-refractivity contribution is 0.253. The van der Waals surface area contributed by atoms with E-state index in [1.54, 1.807) is 0 Å². The summed E-state index contributed by atoms with van der Waals surface area (Å²) in [5.41, 5.74) is 1.22. The van der Waals surface area contributed by atoms with E-state index in [2.05, 4.69) is 54.8 Å². The summed E-state index contributed by atoms with van der Waals surface area (Å²) in [6.07, 6.45) is 0.130. The summed E-state index contributed by atoms with van der Waals surface area (Å²) < 4.78 is 8.05. The van der Waals surface area contributed by atoms with Gasteiger partial charge in [0.25, 0.3) is 0 Å². The number of aryl methyl sites for hydroxylation is 1. The minimum atomic E-state index is 0.130. The largest absolute Gasteiger partial charge is 0.466 e. The predicted octanol–water partition coefficient (Wildman–Crippen LogP) is 2.35. The maximum atomic E-state index is 5.86. The zero-order chi connectivity index (χ0) is 10.6. The molecule has 1 atom stereocenters. The van der Waals surface area contributed by atoms with Crippen LogP contribution in [0.25, 0.3) is 10.9 Å². The van der Waals surface area contributed by atoms with Gasteiger partial charge in [-0.25, -0.2) is 0 Å². The molecule has 0 aliphatic carbocycles. The molecule has 1 aliphatic rings. The average Bonchev–Trinajstić information content (AvgIpc) is 2.68. The Morgan fingerprint density at radius 2 is 1.93 bits per heavy atom. The number of hydrogen-bond acceptors (Lipinski definition) is 2. The Bertz CT molecular complexity index is 530. The molecular weight excluding hydrogens is 188 g/mol. The molecule has 0 spiro atoms. The van der Waals surface area contributed by atoms with Gasteiger partial charge in [-0.3, -0.25) is 0 Å². The molecule has 3 rings (SSSR count). The maximum Gasteiger partial charge on any atom is 0.172 e. The zero-order valence-electron chi connectivity index (χ0n) is 9.19. The molecular formula is C12H14N2O. The fourth-order valence-electron chi connectivity index (χ4n) is 2.28. The number of aromatic nitrogens is 1. The van der Waals surface area contributed by atoms with Crippen molar-refractivity contribution in [2.24, 2.45) is 7.05 Å². The van der Waals surface area contributed by atoms with E-state index < -0.39 is 0 Å². The first-order chi connectivity index (χ1) is 7.20. The summed E-state index contributed by atoms with van der Waals surface area (Å²) in [5, 5.41) is 1.20. The monoisotopic (exact) mass is 202 g/mol. The van der Waals surface area contributed by atoms with Crippen LogP contribution in [0.3, 0.4) is 0 Å². The first-order valence-corrected chi connectivity index (χ1v) is 5.17. The second kappa shape index (κ2) is 2.69. The molecule has 2 aromatic rings. The van der Waals surface area contributed by atoms with Crippen LogP contribution in [0.5, 0.6) is 5.75 Å². The van der Waals surface area contributed by atoms with Gasteiger partial charge < -0.3 is 14.2 Å². The highest BCUT2D eigenvalue weighted by molar-refractivity contribution is 5.94. The fraction of sp³-hybridized carbons (Fsp3) is 0.333. The number of ether oxygens (including phenoxy) is 1. The van der Waals surface area contributed by atoms with Crippen LogP contribution in [0.2, 0.25) is 0 Å². The van der Waals surface area contributed by atoms with Crippen LogP contribution in [0.15, 0.2) is 24.3 Å². The fourth-order valence-corrected chi connectivity index (χ4v) is 2.28. The van der Waals surface area contributed by atoms with Crippen molar-refractivity contribution in [1.29, 1.82) is 0 Å². The van der Waals surface area contributed by atoms with E-state index in [9.17, 15) is 0 Å². The molecule has 1 unspecified atom stereocenters. The number of fused-ring (bicyclic) bond motifs is 3. The highest BCUT2D eigenvalue weighted by Gasteiger charge is 2.30.